The number of aryl methyl sites for hydroxylation is 1. The summed E-state index contributed by atoms with van der Waals surface area (Å²) >= 11 is 1.53. The van der Waals surface area contributed by atoms with Gasteiger partial charge in [0, 0.05) is 12.5 Å². The van der Waals surface area contributed by atoms with Crippen LogP contribution in [0.1, 0.15) is 36.7 Å². The molecule has 0 aliphatic rings. The zero-order valence-electron chi connectivity index (χ0n) is 12.1. The van der Waals surface area contributed by atoms with Crippen LogP contribution < -0.4 is 5.56 Å². The summed E-state index contributed by atoms with van der Waals surface area (Å²) in [6, 6.07) is 0. The molecule has 0 amide bonds. The summed E-state index contributed by atoms with van der Waals surface area (Å²) < 4.78 is 3.26. The normalized spacial score (nSPS) is 11.6. The summed E-state index contributed by atoms with van der Waals surface area (Å²) in [7, 11) is 0. The predicted molar refractivity (Wildman–Crippen MR) is 80.6 cm³/mol. The molecule has 7 nitrogen and oxygen atoms in total. The van der Waals surface area contributed by atoms with Gasteiger partial charge in [-0.1, -0.05) is 25.2 Å². The van der Waals surface area contributed by atoms with E-state index in [2.05, 4.69) is 34.1 Å². The van der Waals surface area contributed by atoms with Crippen LogP contribution in [0.4, 0.5) is 0 Å². The molecular formula is C13H16N6OS. The first-order valence-corrected chi connectivity index (χ1v) is 7.65. The van der Waals surface area contributed by atoms with Crippen molar-refractivity contribution < 1.29 is 0 Å². The van der Waals surface area contributed by atoms with E-state index in [1.54, 1.807) is 21.8 Å². The van der Waals surface area contributed by atoms with E-state index in [4.69, 9.17) is 0 Å². The van der Waals surface area contributed by atoms with Gasteiger partial charge in [-0.3, -0.25) is 9.36 Å². The highest BCUT2D eigenvalue weighted by molar-refractivity contribution is 7.11. The highest BCUT2D eigenvalue weighted by Gasteiger charge is 2.12. The van der Waals surface area contributed by atoms with Gasteiger partial charge in [0.2, 0.25) is 0 Å². The Kier molecular flexibility index (Phi) is 3.54. The van der Waals surface area contributed by atoms with Crippen LogP contribution >= 0.6 is 11.3 Å². The summed E-state index contributed by atoms with van der Waals surface area (Å²) in [6.45, 7) is 7.19. The van der Waals surface area contributed by atoms with E-state index >= 15 is 0 Å². The maximum absolute atomic E-state index is 12.4. The minimum absolute atomic E-state index is 0.0963. The highest BCUT2D eigenvalue weighted by Crippen LogP contribution is 2.19. The lowest BCUT2D eigenvalue weighted by molar-refractivity contribution is 0.671. The number of hydrogen-bond acceptors (Lipinski definition) is 6. The molecule has 0 aliphatic heterocycles. The molecule has 0 atom stereocenters. The van der Waals surface area contributed by atoms with E-state index < -0.39 is 0 Å². The van der Waals surface area contributed by atoms with Crippen molar-refractivity contribution >= 4 is 22.4 Å². The second-order valence-corrected chi connectivity index (χ2v) is 6.16. The average molecular weight is 304 g/mol. The molecule has 3 heterocycles. The predicted octanol–water partition coefficient (Wildman–Crippen LogP) is 1.64. The topological polar surface area (TPSA) is 78.5 Å². The van der Waals surface area contributed by atoms with Crippen LogP contribution in [0.15, 0.2) is 17.3 Å². The third-order valence-corrected chi connectivity index (χ3v) is 4.41. The first-order chi connectivity index (χ1) is 10.1. The molecule has 0 spiro atoms. The van der Waals surface area contributed by atoms with Gasteiger partial charge in [-0.2, -0.15) is 5.10 Å². The molecule has 0 aliphatic carbocycles. The Morgan fingerprint density at radius 3 is 2.81 bits per heavy atom. The fraction of sp³-hybridized carbons (Fsp3) is 0.462. The van der Waals surface area contributed by atoms with Crippen molar-refractivity contribution in [3.8, 4) is 0 Å². The Bertz CT molecular complexity index is 831. The second-order valence-electron chi connectivity index (χ2n) is 5.06. The first kappa shape index (κ1) is 13.9. The zero-order valence-corrected chi connectivity index (χ0v) is 13.0. The van der Waals surface area contributed by atoms with Gasteiger partial charge < -0.3 is 0 Å². The lowest BCUT2D eigenvalue weighted by Crippen LogP contribution is -2.21. The van der Waals surface area contributed by atoms with Crippen LogP contribution in [0.5, 0.6) is 0 Å². The van der Waals surface area contributed by atoms with E-state index in [-0.39, 0.29) is 5.56 Å². The Balaban J connectivity index is 1.97. The molecule has 110 valence electrons. The number of rotatable bonds is 4. The molecular weight excluding hydrogens is 288 g/mol. The van der Waals surface area contributed by atoms with E-state index in [0.29, 0.717) is 30.0 Å². The van der Waals surface area contributed by atoms with Crippen molar-refractivity contribution in [3.05, 3.63) is 32.9 Å². The smallest absolute Gasteiger partial charge is 0.264 e. The van der Waals surface area contributed by atoms with E-state index in [1.807, 2.05) is 6.92 Å². The molecule has 0 saturated carbocycles. The van der Waals surface area contributed by atoms with Gasteiger partial charge in [-0.15, -0.1) is 10.2 Å². The Hall–Kier alpha value is -2.09. The van der Waals surface area contributed by atoms with Crippen molar-refractivity contribution in [2.75, 3.05) is 0 Å². The van der Waals surface area contributed by atoms with Gasteiger partial charge in [-0.25, -0.2) is 9.67 Å². The van der Waals surface area contributed by atoms with Crippen LogP contribution in [0, 0.1) is 0 Å². The van der Waals surface area contributed by atoms with Gasteiger partial charge in [-0.05, 0) is 6.92 Å². The molecule has 3 rings (SSSR count). The van der Waals surface area contributed by atoms with Gasteiger partial charge in [0.25, 0.3) is 5.56 Å². The molecule has 0 radical (unpaired) electrons. The standard InChI is InChI=1S/C13H16N6OS/c1-4-19-11-9(5-15-19)13(20)18(7-14-11)6-10-16-17-12(21-10)8(2)3/h5,7-8H,4,6H2,1-3H3. The van der Waals surface area contributed by atoms with Crippen molar-refractivity contribution in [2.24, 2.45) is 0 Å². The Morgan fingerprint density at radius 2 is 2.14 bits per heavy atom. The summed E-state index contributed by atoms with van der Waals surface area (Å²) in [5.41, 5.74) is 0.528. The summed E-state index contributed by atoms with van der Waals surface area (Å²) in [4.78, 5) is 16.8. The third kappa shape index (κ3) is 2.46. The van der Waals surface area contributed by atoms with E-state index in [9.17, 15) is 4.79 Å². The van der Waals surface area contributed by atoms with Crippen LogP contribution in [-0.4, -0.2) is 29.5 Å². The van der Waals surface area contributed by atoms with Gasteiger partial charge in [0.15, 0.2) is 5.65 Å². The fourth-order valence-electron chi connectivity index (χ4n) is 2.05. The molecule has 0 fully saturated rings. The van der Waals surface area contributed by atoms with Gasteiger partial charge in [0.05, 0.1) is 12.7 Å². The first-order valence-electron chi connectivity index (χ1n) is 6.83. The van der Waals surface area contributed by atoms with E-state index in [0.717, 1.165) is 10.0 Å². The molecule has 0 saturated heterocycles. The third-order valence-electron chi connectivity index (χ3n) is 3.20. The molecule has 8 heteroatoms. The van der Waals surface area contributed by atoms with Crippen LogP contribution in [0.2, 0.25) is 0 Å². The summed E-state index contributed by atoms with van der Waals surface area (Å²) in [5.74, 6) is 0.344. The number of fused-ring (bicyclic) bond motifs is 1. The molecule has 3 aromatic heterocycles. The number of nitrogens with zero attached hydrogens (tertiary/aromatic N) is 6. The lowest BCUT2D eigenvalue weighted by atomic mass is 10.2. The molecule has 0 N–H and O–H groups in total. The molecule has 0 aromatic carbocycles. The summed E-state index contributed by atoms with van der Waals surface area (Å²) in [6.07, 6.45) is 3.12. The van der Waals surface area contributed by atoms with Crippen LogP contribution in [-0.2, 0) is 13.1 Å². The average Bonchev–Trinajstić information content (AvgIpc) is 3.08. The Labute approximate surface area is 125 Å². The Morgan fingerprint density at radius 1 is 1.33 bits per heavy atom. The maximum atomic E-state index is 12.4. The monoisotopic (exact) mass is 304 g/mol. The quantitative estimate of drug-likeness (QED) is 0.732. The molecule has 0 bridgehead atoms. The minimum atomic E-state index is -0.0963. The highest BCUT2D eigenvalue weighted by atomic mass is 32.1. The lowest BCUT2D eigenvalue weighted by Gasteiger charge is -2.02. The van der Waals surface area contributed by atoms with E-state index in [1.165, 1.54) is 11.3 Å². The molecule has 3 aromatic rings. The van der Waals surface area contributed by atoms with Gasteiger partial charge >= 0.3 is 0 Å². The summed E-state index contributed by atoms with van der Waals surface area (Å²) in [5, 5.41) is 14.8. The van der Waals surface area contributed by atoms with Crippen molar-refractivity contribution in [2.45, 2.75) is 39.8 Å². The van der Waals surface area contributed by atoms with Crippen molar-refractivity contribution in [1.29, 1.82) is 0 Å². The van der Waals surface area contributed by atoms with Crippen molar-refractivity contribution in [1.82, 2.24) is 29.5 Å². The van der Waals surface area contributed by atoms with Crippen LogP contribution in [0.25, 0.3) is 11.0 Å². The minimum Gasteiger partial charge on any atom is -0.292 e. The van der Waals surface area contributed by atoms with Crippen LogP contribution in [0.3, 0.4) is 0 Å². The fourth-order valence-corrected chi connectivity index (χ4v) is 2.90. The molecule has 21 heavy (non-hydrogen) atoms. The SMILES string of the molecule is CCn1ncc2c(=O)n(Cc3nnc(C(C)C)s3)cnc21. The second kappa shape index (κ2) is 5.36. The number of aromatic nitrogens is 6. The van der Waals surface area contributed by atoms with Crippen molar-refractivity contribution in [3.63, 3.8) is 0 Å². The largest absolute Gasteiger partial charge is 0.292 e. The maximum Gasteiger partial charge on any atom is 0.264 e. The number of hydrogen-bond donors (Lipinski definition) is 0. The molecule has 0 unspecified atom stereocenters. The van der Waals surface area contributed by atoms with Gasteiger partial charge in [0.1, 0.15) is 21.7 Å². The zero-order chi connectivity index (χ0) is 15.0.